The van der Waals surface area contributed by atoms with E-state index in [1.807, 2.05) is 38.1 Å². The van der Waals surface area contributed by atoms with Gasteiger partial charge in [0.1, 0.15) is 22.2 Å². The Morgan fingerprint density at radius 3 is 2.68 bits per heavy atom. The van der Waals surface area contributed by atoms with Gasteiger partial charge in [-0.2, -0.15) is 5.10 Å². The fraction of sp³-hybridized carbons (Fsp3) is 0.467. The zero-order valence-electron chi connectivity index (χ0n) is 22.4. The van der Waals surface area contributed by atoms with Crippen molar-refractivity contribution in [2.24, 2.45) is 10.8 Å². The maximum atomic E-state index is 11.7. The lowest BCUT2D eigenvalue weighted by Gasteiger charge is -2.40. The predicted octanol–water partition coefficient (Wildman–Crippen LogP) is 7.04. The van der Waals surface area contributed by atoms with Gasteiger partial charge in [0.05, 0.1) is 21.3 Å². The van der Waals surface area contributed by atoms with Crippen LogP contribution in [0.3, 0.4) is 0 Å². The van der Waals surface area contributed by atoms with Gasteiger partial charge in [-0.25, -0.2) is 4.98 Å². The van der Waals surface area contributed by atoms with Crippen molar-refractivity contribution < 1.29 is 10.2 Å². The summed E-state index contributed by atoms with van der Waals surface area (Å²) in [6, 6.07) is 10.5. The Hall–Kier alpha value is -2.90. The van der Waals surface area contributed by atoms with E-state index in [1.54, 1.807) is 11.3 Å². The highest BCUT2D eigenvalue weighted by atomic mass is 32.1. The van der Waals surface area contributed by atoms with Crippen LogP contribution in [0.15, 0.2) is 30.3 Å². The first-order valence-electron chi connectivity index (χ1n) is 13.3. The van der Waals surface area contributed by atoms with Gasteiger partial charge in [0.2, 0.25) is 0 Å². The molecule has 2 atom stereocenters. The molecule has 2 aliphatic rings. The van der Waals surface area contributed by atoms with Crippen molar-refractivity contribution in [1.29, 1.82) is 0 Å². The van der Waals surface area contributed by atoms with Crippen LogP contribution in [-0.2, 0) is 13.0 Å². The van der Waals surface area contributed by atoms with Crippen molar-refractivity contribution in [2.75, 3.05) is 6.54 Å². The molecule has 2 aromatic carbocycles. The summed E-state index contributed by atoms with van der Waals surface area (Å²) >= 11 is 1.63. The predicted molar refractivity (Wildman–Crippen MR) is 150 cm³/mol. The minimum absolute atomic E-state index is 0.120. The number of aromatic nitrogens is 3. The maximum Gasteiger partial charge on any atom is 0.133 e. The summed E-state index contributed by atoms with van der Waals surface area (Å²) in [5, 5.41) is 31.6. The largest absolute Gasteiger partial charge is 0.507 e. The third kappa shape index (κ3) is 4.12. The molecule has 37 heavy (non-hydrogen) atoms. The fourth-order valence-corrected chi connectivity index (χ4v) is 8.28. The van der Waals surface area contributed by atoms with Crippen molar-refractivity contribution in [2.45, 2.75) is 72.9 Å². The number of rotatable bonds is 5. The monoisotopic (exact) mass is 516 g/mol. The minimum Gasteiger partial charge on any atom is -0.507 e. The number of aromatic amines is 1. The number of hydrogen-bond acceptors (Lipinski definition) is 6. The number of aryl methyl sites for hydroxylation is 2. The third-order valence-corrected chi connectivity index (χ3v) is 9.48. The van der Waals surface area contributed by atoms with Gasteiger partial charge in [-0.1, -0.05) is 39.8 Å². The van der Waals surface area contributed by atoms with E-state index in [1.165, 1.54) is 12.8 Å². The summed E-state index contributed by atoms with van der Waals surface area (Å²) in [7, 11) is 0. The Kier molecular flexibility index (Phi) is 5.66. The Morgan fingerprint density at radius 1 is 1.14 bits per heavy atom. The quantitative estimate of drug-likeness (QED) is 0.265. The molecular formula is C30H36N4O2S. The van der Waals surface area contributed by atoms with Crippen LogP contribution >= 0.6 is 11.3 Å². The van der Waals surface area contributed by atoms with Crippen LogP contribution in [0.4, 0.5) is 0 Å². The van der Waals surface area contributed by atoms with Gasteiger partial charge >= 0.3 is 0 Å². The molecule has 0 spiro atoms. The molecule has 2 bridgehead atoms. The fourth-order valence-electron chi connectivity index (χ4n) is 7.21. The average molecular weight is 517 g/mol. The summed E-state index contributed by atoms with van der Waals surface area (Å²) in [5.74, 6) is 0.331. The highest BCUT2D eigenvalue weighted by molar-refractivity contribution is 7.21. The van der Waals surface area contributed by atoms with Crippen molar-refractivity contribution in [1.82, 2.24) is 20.1 Å². The number of benzene rings is 2. The summed E-state index contributed by atoms with van der Waals surface area (Å²) in [5.41, 5.74) is 6.12. The second-order valence-electron chi connectivity index (χ2n) is 12.3. The van der Waals surface area contributed by atoms with Gasteiger partial charge in [-0.15, -0.1) is 11.3 Å². The van der Waals surface area contributed by atoms with Crippen LogP contribution in [-0.4, -0.2) is 42.9 Å². The molecule has 0 unspecified atom stereocenters. The van der Waals surface area contributed by atoms with E-state index in [0.29, 0.717) is 41.2 Å². The molecule has 2 aromatic heterocycles. The van der Waals surface area contributed by atoms with E-state index in [-0.39, 0.29) is 16.9 Å². The maximum absolute atomic E-state index is 11.7. The second kappa shape index (κ2) is 8.57. The normalized spacial score (nSPS) is 23.2. The number of aromatic hydroxyl groups is 2. The van der Waals surface area contributed by atoms with Crippen LogP contribution in [0.1, 0.15) is 63.8 Å². The summed E-state index contributed by atoms with van der Waals surface area (Å²) in [6.45, 7) is 12.7. The van der Waals surface area contributed by atoms with E-state index in [0.717, 1.165) is 45.0 Å². The number of H-pyrrole nitrogens is 1. The van der Waals surface area contributed by atoms with Crippen LogP contribution in [0.25, 0.3) is 32.0 Å². The molecule has 0 radical (unpaired) electrons. The molecule has 3 heterocycles. The molecule has 3 N–H and O–H groups in total. The molecule has 1 saturated heterocycles. The molecule has 6 nitrogen and oxygen atoms in total. The first kappa shape index (κ1) is 24.4. The van der Waals surface area contributed by atoms with Crippen LogP contribution in [0.2, 0.25) is 0 Å². The van der Waals surface area contributed by atoms with Crippen LogP contribution in [0.5, 0.6) is 11.5 Å². The Balaban J connectivity index is 1.44. The molecular weight excluding hydrogens is 480 g/mol. The summed E-state index contributed by atoms with van der Waals surface area (Å²) in [4.78, 5) is 7.36. The summed E-state index contributed by atoms with van der Waals surface area (Å²) < 4.78 is 1.12. The average Bonchev–Trinajstić information content (AvgIpc) is 3.48. The van der Waals surface area contributed by atoms with Crippen LogP contribution in [0, 0.1) is 17.8 Å². The van der Waals surface area contributed by atoms with Gasteiger partial charge in [-0.3, -0.25) is 10.00 Å². The molecule has 7 heteroatoms. The van der Waals surface area contributed by atoms with E-state index in [9.17, 15) is 10.2 Å². The highest BCUT2D eigenvalue weighted by Crippen LogP contribution is 2.54. The van der Waals surface area contributed by atoms with Crippen LogP contribution < -0.4 is 0 Å². The Labute approximate surface area is 222 Å². The standard InChI is InChI=1S/C30H36N4O2S/c1-6-18-11-20(25-24(17(2)32-33-25)28-31-22-9-7-8-10-23(22)37-28)27(36)21(26(18)35)14-34-16-30(5)13-19(34)12-29(3,4)15-30/h7-11,19,35-36H,6,12-16H2,1-5H3,(H,32,33)/t19-,30+/m1/s1. The molecule has 4 aromatic rings. The number of nitrogens with one attached hydrogen (secondary N) is 1. The highest BCUT2D eigenvalue weighted by Gasteiger charge is 2.49. The lowest BCUT2D eigenvalue weighted by Crippen LogP contribution is -2.34. The van der Waals surface area contributed by atoms with Gasteiger partial charge in [0.25, 0.3) is 0 Å². The van der Waals surface area contributed by atoms with Crippen molar-refractivity contribution in [3.05, 3.63) is 47.2 Å². The summed E-state index contributed by atoms with van der Waals surface area (Å²) in [6.07, 6.45) is 4.20. The van der Waals surface area contributed by atoms with Gasteiger partial charge in [0.15, 0.2) is 0 Å². The Morgan fingerprint density at radius 2 is 1.92 bits per heavy atom. The van der Waals surface area contributed by atoms with Gasteiger partial charge in [0, 0.05) is 30.4 Å². The number of nitrogens with zero attached hydrogens (tertiary/aromatic N) is 3. The van der Waals surface area contributed by atoms with Crippen molar-refractivity contribution >= 4 is 21.6 Å². The molecule has 1 aliphatic carbocycles. The number of likely N-dealkylation sites (tertiary alicyclic amines) is 1. The number of fused-ring (bicyclic) bond motifs is 3. The molecule has 2 fully saturated rings. The first-order valence-corrected chi connectivity index (χ1v) is 14.1. The van der Waals surface area contributed by atoms with Crippen molar-refractivity contribution in [3.63, 3.8) is 0 Å². The van der Waals surface area contributed by atoms with E-state index < -0.39 is 0 Å². The number of thiazole rings is 1. The first-order chi connectivity index (χ1) is 17.6. The van der Waals surface area contributed by atoms with Gasteiger partial charge in [-0.05, 0) is 67.2 Å². The number of phenolic OH excluding ortho intramolecular Hbond substituents is 2. The van der Waals surface area contributed by atoms with E-state index >= 15 is 0 Å². The molecule has 1 saturated carbocycles. The molecule has 1 aliphatic heterocycles. The second-order valence-corrected chi connectivity index (χ2v) is 13.3. The van der Waals surface area contributed by atoms with Crippen molar-refractivity contribution in [3.8, 4) is 33.3 Å². The Bertz CT molecular complexity index is 1470. The zero-order chi connectivity index (χ0) is 26.1. The van der Waals surface area contributed by atoms with E-state index in [2.05, 4.69) is 41.9 Å². The topological polar surface area (TPSA) is 85.3 Å². The number of hydrogen-bond donors (Lipinski definition) is 3. The number of para-hydroxylation sites is 1. The zero-order valence-corrected chi connectivity index (χ0v) is 23.2. The SMILES string of the molecule is CCc1cc(-c2n[nH]c(C)c2-c2nc3ccccc3s2)c(O)c(CN2C[C@@]3(C)C[C@H]2CC(C)(C)C3)c1O. The molecule has 6 rings (SSSR count). The lowest BCUT2D eigenvalue weighted by molar-refractivity contribution is 0.126. The molecule has 194 valence electrons. The molecule has 0 amide bonds. The number of phenols is 2. The smallest absolute Gasteiger partial charge is 0.133 e. The minimum atomic E-state index is 0.120. The van der Waals surface area contributed by atoms with E-state index in [4.69, 9.17) is 4.98 Å². The third-order valence-electron chi connectivity index (χ3n) is 8.42. The van der Waals surface area contributed by atoms with Gasteiger partial charge < -0.3 is 10.2 Å². The lowest BCUT2D eigenvalue weighted by atomic mass is 9.65.